The monoisotopic (exact) mass is 445 g/mol. The molecule has 7 heteroatoms. The molecule has 0 aliphatic carbocycles. The summed E-state index contributed by atoms with van der Waals surface area (Å²) in [6.07, 6.45) is 3.55. The Kier molecular flexibility index (Phi) is 7.32. The van der Waals surface area contributed by atoms with E-state index >= 15 is 0 Å². The second-order valence-corrected chi connectivity index (χ2v) is 7.61. The van der Waals surface area contributed by atoms with Gasteiger partial charge in [-0.2, -0.15) is 0 Å². The number of allylic oxidation sites excluding steroid dienone is 1. The van der Waals surface area contributed by atoms with Gasteiger partial charge in [0.2, 0.25) is 0 Å². The fraction of sp³-hybridized carbons (Fsp3) is 0.217. The van der Waals surface area contributed by atoms with E-state index in [1.807, 2.05) is 30.3 Å². The summed E-state index contributed by atoms with van der Waals surface area (Å²) in [7, 11) is 1.57. The highest BCUT2D eigenvalue weighted by Gasteiger charge is 2.42. The van der Waals surface area contributed by atoms with Crippen molar-refractivity contribution in [1.82, 2.24) is 4.90 Å². The van der Waals surface area contributed by atoms with Gasteiger partial charge in [0.05, 0.1) is 21.7 Å². The molecule has 156 valence electrons. The molecule has 0 aromatic heterocycles. The fourth-order valence-electron chi connectivity index (χ4n) is 3.37. The molecule has 30 heavy (non-hydrogen) atoms. The van der Waals surface area contributed by atoms with Crippen LogP contribution in [0.25, 0.3) is 6.08 Å². The number of aliphatic hydroxyl groups excluding tert-OH is 1. The first-order valence-electron chi connectivity index (χ1n) is 9.39. The molecule has 0 fully saturated rings. The summed E-state index contributed by atoms with van der Waals surface area (Å²) in [5, 5.41) is 11.2. The quantitative estimate of drug-likeness (QED) is 0.458. The number of hydrogen-bond acceptors (Lipinski definition) is 4. The van der Waals surface area contributed by atoms with Crippen molar-refractivity contribution in [3.63, 3.8) is 0 Å². The number of ether oxygens (including phenoxy) is 1. The first-order chi connectivity index (χ1) is 14.4. The Bertz CT molecular complexity index is 1000. The number of halogens is 2. The van der Waals surface area contributed by atoms with E-state index in [2.05, 4.69) is 0 Å². The Labute approximate surface area is 185 Å². The van der Waals surface area contributed by atoms with Crippen LogP contribution in [0.2, 0.25) is 10.0 Å². The van der Waals surface area contributed by atoms with Crippen molar-refractivity contribution in [3.8, 4) is 0 Å². The summed E-state index contributed by atoms with van der Waals surface area (Å²) in [6, 6.07) is 13.4. The molecule has 1 N–H and O–H groups in total. The van der Waals surface area contributed by atoms with Gasteiger partial charge in [-0.25, -0.2) is 0 Å². The van der Waals surface area contributed by atoms with Gasteiger partial charge in [0, 0.05) is 20.3 Å². The number of carbonyl (C=O) groups is 2. The Balaban J connectivity index is 1.98. The topological polar surface area (TPSA) is 66.8 Å². The number of ketones is 1. The van der Waals surface area contributed by atoms with E-state index in [4.69, 9.17) is 27.9 Å². The van der Waals surface area contributed by atoms with E-state index in [0.29, 0.717) is 35.2 Å². The van der Waals surface area contributed by atoms with Crippen LogP contribution in [0.3, 0.4) is 0 Å². The molecule has 0 saturated carbocycles. The van der Waals surface area contributed by atoms with Crippen LogP contribution in [0.1, 0.15) is 23.6 Å². The Morgan fingerprint density at radius 2 is 1.90 bits per heavy atom. The second-order valence-electron chi connectivity index (χ2n) is 6.79. The zero-order valence-electron chi connectivity index (χ0n) is 16.3. The van der Waals surface area contributed by atoms with Crippen LogP contribution in [-0.2, 0) is 14.3 Å². The highest BCUT2D eigenvalue weighted by Crippen LogP contribution is 2.39. The van der Waals surface area contributed by atoms with Gasteiger partial charge < -0.3 is 14.7 Å². The normalized spacial score (nSPS) is 16.7. The number of hydrogen-bond donors (Lipinski definition) is 1. The molecule has 1 aliphatic heterocycles. The minimum Gasteiger partial charge on any atom is -0.503 e. The summed E-state index contributed by atoms with van der Waals surface area (Å²) >= 11 is 12.2. The predicted octanol–water partition coefficient (Wildman–Crippen LogP) is 5.01. The largest absolute Gasteiger partial charge is 0.503 e. The molecule has 0 saturated heterocycles. The average Bonchev–Trinajstić information content (AvgIpc) is 3.00. The summed E-state index contributed by atoms with van der Waals surface area (Å²) in [5.41, 5.74) is 1.44. The summed E-state index contributed by atoms with van der Waals surface area (Å²) in [4.78, 5) is 27.2. The van der Waals surface area contributed by atoms with Crippen LogP contribution in [0.15, 0.2) is 65.9 Å². The second kappa shape index (κ2) is 9.94. The van der Waals surface area contributed by atoms with E-state index in [9.17, 15) is 14.7 Å². The lowest BCUT2D eigenvalue weighted by Crippen LogP contribution is -2.32. The zero-order chi connectivity index (χ0) is 21.7. The van der Waals surface area contributed by atoms with Gasteiger partial charge in [-0.15, -0.1) is 0 Å². The van der Waals surface area contributed by atoms with Gasteiger partial charge in [-0.05, 0) is 35.8 Å². The number of rotatable bonds is 8. The highest BCUT2D eigenvalue weighted by molar-refractivity contribution is 6.42. The maximum atomic E-state index is 13.0. The number of aliphatic hydroxyl groups is 1. The van der Waals surface area contributed by atoms with Crippen molar-refractivity contribution in [1.29, 1.82) is 0 Å². The van der Waals surface area contributed by atoms with Crippen molar-refractivity contribution in [2.45, 2.75) is 12.5 Å². The van der Waals surface area contributed by atoms with Crippen molar-refractivity contribution >= 4 is 41.0 Å². The van der Waals surface area contributed by atoms with Gasteiger partial charge >= 0.3 is 0 Å². The predicted molar refractivity (Wildman–Crippen MR) is 118 cm³/mol. The lowest BCUT2D eigenvalue weighted by molar-refractivity contribution is -0.129. The van der Waals surface area contributed by atoms with Gasteiger partial charge in [0.25, 0.3) is 5.91 Å². The first-order valence-corrected chi connectivity index (χ1v) is 10.1. The van der Waals surface area contributed by atoms with E-state index in [-0.39, 0.29) is 5.57 Å². The van der Waals surface area contributed by atoms with E-state index in [1.165, 1.54) is 11.0 Å². The standard InChI is InChI=1S/C23H21Cl2NO4/c1-30-13-5-12-26-21(16-9-10-17(24)18(25)14-16)20(22(28)23(26)29)19(27)11-8-15-6-3-2-4-7-15/h2-4,6-11,14,21,28H,5,12-13H2,1H3/b11-8+. The molecule has 0 spiro atoms. The van der Waals surface area contributed by atoms with Gasteiger partial charge in [0.15, 0.2) is 11.5 Å². The van der Waals surface area contributed by atoms with Crippen LogP contribution < -0.4 is 0 Å². The molecule has 5 nitrogen and oxygen atoms in total. The fourth-order valence-corrected chi connectivity index (χ4v) is 3.68. The molecular weight excluding hydrogens is 425 g/mol. The molecule has 0 radical (unpaired) electrons. The molecule has 0 bridgehead atoms. The number of benzene rings is 2. The van der Waals surface area contributed by atoms with Crippen LogP contribution in [0.4, 0.5) is 0 Å². The lowest BCUT2D eigenvalue weighted by atomic mass is 9.95. The van der Waals surface area contributed by atoms with Gasteiger partial charge in [0.1, 0.15) is 0 Å². The van der Waals surface area contributed by atoms with Crippen molar-refractivity contribution < 1.29 is 19.4 Å². The Hall–Kier alpha value is -2.60. The van der Waals surface area contributed by atoms with Crippen LogP contribution in [-0.4, -0.2) is 42.0 Å². The maximum Gasteiger partial charge on any atom is 0.290 e. The summed E-state index contributed by atoms with van der Waals surface area (Å²) < 4.78 is 5.07. The molecule has 1 atom stereocenters. The molecule has 1 aliphatic rings. The zero-order valence-corrected chi connectivity index (χ0v) is 17.9. The lowest BCUT2D eigenvalue weighted by Gasteiger charge is -2.26. The molecule has 2 aromatic rings. The molecule has 2 aromatic carbocycles. The molecule has 3 rings (SSSR count). The Morgan fingerprint density at radius 3 is 2.57 bits per heavy atom. The van der Waals surface area contributed by atoms with Crippen molar-refractivity contribution in [3.05, 3.63) is 87.1 Å². The van der Waals surface area contributed by atoms with E-state index in [1.54, 1.807) is 31.4 Å². The molecule has 1 amide bonds. The van der Waals surface area contributed by atoms with Crippen molar-refractivity contribution in [2.24, 2.45) is 0 Å². The third kappa shape index (κ3) is 4.75. The summed E-state index contributed by atoms with van der Waals surface area (Å²) in [5.74, 6) is -1.60. The smallest absolute Gasteiger partial charge is 0.290 e. The SMILES string of the molecule is COCCCN1C(=O)C(O)=C(C(=O)/C=C/c2ccccc2)C1c1ccc(Cl)c(Cl)c1. The van der Waals surface area contributed by atoms with Crippen LogP contribution in [0.5, 0.6) is 0 Å². The highest BCUT2D eigenvalue weighted by atomic mass is 35.5. The maximum absolute atomic E-state index is 13.0. The first kappa shape index (κ1) is 22.1. The molecule has 1 unspecified atom stereocenters. The van der Waals surface area contributed by atoms with Crippen LogP contribution in [0, 0.1) is 0 Å². The third-order valence-electron chi connectivity index (χ3n) is 4.80. The van der Waals surface area contributed by atoms with E-state index < -0.39 is 23.5 Å². The average molecular weight is 446 g/mol. The van der Waals surface area contributed by atoms with E-state index in [0.717, 1.165) is 5.56 Å². The third-order valence-corrected chi connectivity index (χ3v) is 5.54. The molecular formula is C23H21Cl2NO4. The van der Waals surface area contributed by atoms with Crippen LogP contribution >= 0.6 is 23.2 Å². The number of methoxy groups -OCH3 is 1. The molecule has 1 heterocycles. The Morgan fingerprint density at radius 1 is 1.17 bits per heavy atom. The minimum atomic E-state index is -0.767. The van der Waals surface area contributed by atoms with Gasteiger partial charge in [-0.1, -0.05) is 65.7 Å². The minimum absolute atomic E-state index is 0.0167. The number of nitrogens with zero attached hydrogens (tertiary/aromatic N) is 1. The van der Waals surface area contributed by atoms with Crippen molar-refractivity contribution in [2.75, 3.05) is 20.3 Å². The number of carbonyl (C=O) groups excluding carboxylic acids is 2. The van der Waals surface area contributed by atoms with Gasteiger partial charge in [-0.3, -0.25) is 9.59 Å². The summed E-state index contributed by atoms with van der Waals surface area (Å²) in [6.45, 7) is 0.747. The number of amides is 1.